The number of halogens is 1. The van der Waals surface area contributed by atoms with Gasteiger partial charge in [0.2, 0.25) is 5.88 Å². The Hall–Kier alpha value is -1.61. The van der Waals surface area contributed by atoms with Gasteiger partial charge in [0, 0.05) is 11.6 Å². The van der Waals surface area contributed by atoms with E-state index >= 15 is 0 Å². The molecule has 82 valence electrons. The lowest BCUT2D eigenvalue weighted by Crippen LogP contribution is -1.97. The molecule has 0 saturated heterocycles. The lowest BCUT2D eigenvalue weighted by molar-refractivity contribution is 0.326. The van der Waals surface area contributed by atoms with Gasteiger partial charge in [0.1, 0.15) is 5.15 Å². The summed E-state index contributed by atoms with van der Waals surface area (Å²) in [6.07, 6.45) is 0. The van der Waals surface area contributed by atoms with Gasteiger partial charge in [0.05, 0.1) is 6.61 Å². The quantitative estimate of drug-likeness (QED) is 0.765. The summed E-state index contributed by atoms with van der Waals surface area (Å²) >= 11 is 5.90. The van der Waals surface area contributed by atoms with Gasteiger partial charge >= 0.3 is 0 Å². The van der Waals surface area contributed by atoms with Crippen LogP contribution < -0.4 is 4.74 Å². The van der Waals surface area contributed by atoms with Crippen molar-refractivity contribution in [2.45, 2.75) is 6.92 Å². The van der Waals surface area contributed by atoms with Crippen LogP contribution in [0.2, 0.25) is 5.15 Å². The van der Waals surface area contributed by atoms with Crippen molar-refractivity contribution in [2.24, 2.45) is 0 Å². The second kappa shape index (κ2) is 4.94. The van der Waals surface area contributed by atoms with Crippen LogP contribution in [0.5, 0.6) is 5.88 Å². The van der Waals surface area contributed by atoms with Crippen molar-refractivity contribution in [3.05, 3.63) is 41.6 Å². The molecule has 2 rings (SSSR count). The number of ether oxygens (including phenoxy) is 1. The van der Waals surface area contributed by atoms with Crippen LogP contribution >= 0.6 is 11.6 Å². The van der Waals surface area contributed by atoms with Crippen LogP contribution in [0.25, 0.3) is 11.4 Å². The number of rotatable bonds is 3. The van der Waals surface area contributed by atoms with E-state index in [1.165, 1.54) is 0 Å². The largest absolute Gasteiger partial charge is 0.478 e. The van der Waals surface area contributed by atoms with Crippen molar-refractivity contribution in [1.82, 2.24) is 9.97 Å². The van der Waals surface area contributed by atoms with E-state index in [1.54, 1.807) is 6.07 Å². The first-order chi connectivity index (χ1) is 7.79. The van der Waals surface area contributed by atoms with Crippen molar-refractivity contribution < 1.29 is 4.74 Å². The predicted octanol–water partition coefficient (Wildman–Crippen LogP) is 3.20. The summed E-state index contributed by atoms with van der Waals surface area (Å²) in [5.74, 6) is 1.08. The van der Waals surface area contributed by atoms with Gasteiger partial charge in [0.15, 0.2) is 5.82 Å². The molecule has 3 nitrogen and oxygen atoms in total. The molecule has 0 radical (unpaired) electrons. The number of aromatic nitrogens is 2. The Morgan fingerprint density at radius 3 is 2.62 bits per heavy atom. The zero-order chi connectivity index (χ0) is 11.4. The number of benzene rings is 1. The maximum absolute atomic E-state index is 5.90. The minimum atomic E-state index is 0.386. The molecule has 4 heteroatoms. The Bertz CT molecular complexity index is 474. The highest BCUT2D eigenvalue weighted by molar-refractivity contribution is 6.29. The third-order valence-corrected chi connectivity index (χ3v) is 2.19. The third kappa shape index (κ3) is 2.49. The van der Waals surface area contributed by atoms with Crippen molar-refractivity contribution in [3.8, 4) is 17.3 Å². The summed E-state index contributed by atoms with van der Waals surface area (Å²) in [4.78, 5) is 8.44. The minimum Gasteiger partial charge on any atom is -0.478 e. The van der Waals surface area contributed by atoms with Crippen molar-refractivity contribution >= 4 is 11.6 Å². The summed E-state index contributed by atoms with van der Waals surface area (Å²) in [6.45, 7) is 2.46. The molecule has 1 aromatic carbocycles. The highest BCUT2D eigenvalue weighted by Gasteiger charge is 2.05. The summed E-state index contributed by atoms with van der Waals surface area (Å²) < 4.78 is 5.31. The van der Waals surface area contributed by atoms with E-state index in [0.29, 0.717) is 23.5 Å². The standard InChI is InChI=1S/C12H11ClN2O/c1-2-16-11-8-10(13)14-12(15-11)9-6-4-3-5-7-9/h3-8H,2H2,1H3. The fraction of sp³-hybridized carbons (Fsp3) is 0.167. The van der Waals surface area contributed by atoms with Crippen molar-refractivity contribution in [2.75, 3.05) is 6.61 Å². The smallest absolute Gasteiger partial charge is 0.218 e. The molecule has 1 aromatic heterocycles. The first kappa shape index (κ1) is 10.9. The van der Waals surface area contributed by atoms with Crippen LogP contribution in [0, 0.1) is 0 Å². The molecule has 16 heavy (non-hydrogen) atoms. The van der Waals surface area contributed by atoms with Crippen LogP contribution in [0.15, 0.2) is 36.4 Å². The zero-order valence-corrected chi connectivity index (χ0v) is 9.61. The minimum absolute atomic E-state index is 0.386. The molecule has 0 spiro atoms. The molecular formula is C12H11ClN2O. The van der Waals surface area contributed by atoms with Gasteiger partial charge in [0.25, 0.3) is 0 Å². The average Bonchev–Trinajstić information content (AvgIpc) is 2.30. The Morgan fingerprint density at radius 1 is 1.19 bits per heavy atom. The van der Waals surface area contributed by atoms with Gasteiger partial charge in [-0.25, -0.2) is 4.98 Å². The maximum atomic E-state index is 5.90. The van der Waals surface area contributed by atoms with E-state index in [1.807, 2.05) is 37.3 Å². The molecule has 0 fully saturated rings. The molecule has 2 aromatic rings. The van der Waals surface area contributed by atoms with Crippen LogP contribution in [-0.4, -0.2) is 16.6 Å². The summed E-state index contributed by atoms with van der Waals surface area (Å²) in [5, 5.41) is 0.386. The van der Waals surface area contributed by atoms with E-state index in [9.17, 15) is 0 Å². The monoisotopic (exact) mass is 234 g/mol. The first-order valence-corrected chi connectivity index (χ1v) is 5.40. The molecule has 0 aliphatic heterocycles. The molecule has 0 saturated carbocycles. The molecule has 0 unspecified atom stereocenters. The predicted molar refractivity (Wildman–Crippen MR) is 63.6 cm³/mol. The van der Waals surface area contributed by atoms with Gasteiger partial charge < -0.3 is 4.74 Å². The van der Waals surface area contributed by atoms with Gasteiger partial charge in [-0.3, -0.25) is 0 Å². The lowest BCUT2D eigenvalue weighted by Gasteiger charge is -2.05. The molecule has 0 N–H and O–H groups in total. The second-order valence-electron chi connectivity index (χ2n) is 3.15. The second-order valence-corrected chi connectivity index (χ2v) is 3.54. The lowest BCUT2D eigenvalue weighted by atomic mass is 10.2. The Morgan fingerprint density at radius 2 is 1.94 bits per heavy atom. The zero-order valence-electron chi connectivity index (χ0n) is 8.85. The van der Waals surface area contributed by atoms with Gasteiger partial charge in [-0.2, -0.15) is 4.98 Å². The molecular weight excluding hydrogens is 224 g/mol. The molecule has 0 bridgehead atoms. The number of nitrogens with zero attached hydrogens (tertiary/aromatic N) is 2. The molecule has 0 aliphatic carbocycles. The average molecular weight is 235 g/mol. The SMILES string of the molecule is CCOc1cc(Cl)nc(-c2ccccc2)n1. The fourth-order valence-electron chi connectivity index (χ4n) is 1.34. The van der Waals surface area contributed by atoms with Crippen LogP contribution in [0.3, 0.4) is 0 Å². The normalized spacial score (nSPS) is 10.1. The first-order valence-electron chi connectivity index (χ1n) is 5.02. The van der Waals surface area contributed by atoms with E-state index in [-0.39, 0.29) is 0 Å². The van der Waals surface area contributed by atoms with E-state index < -0.39 is 0 Å². The highest BCUT2D eigenvalue weighted by atomic mass is 35.5. The van der Waals surface area contributed by atoms with E-state index in [0.717, 1.165) is 5.56 Å². The number of hydrogen-bond donors (Lipinski definition) is 0. The van der Waals surface area contributed by atoms with Gasteiger partial charge in [-0.05, 0) is 6.92 Å². The maximum Gasteiger partial charge on any atom is 0.218 e. The Balaban J connectivity index is 2.41. The number of hydrogen-bond acceptors (Lipinski definition) is 3. The van der Waals surface area contributed by atoms with E-state index in [2.05, 4.69) is 9.97 Å². The third-order valence-electron chi connectivity index (χ3n) is 2.00. The summed E-state index contributed by atoms with van der Waals surface area (Å²) in [7, 11) is 0. The van der Waals surface area contributed by atoms with Crippen LogP contribution in [0.1, 0.15) is 6.92 Å². The van der Waals surface area contributed by atoms with Gasteiger partial charge in [-0.15, -0.1) is 0 Å². The summed E-state index contributed by atoms with van der Waals surface area (Å²) in [5.41, 5.74) is 0.922. The van der Waals surface area contributed by atoms with E-state index in [4.69, 9.17) is 16.3 Å². The van der Waals surface area contributed by atoms with Crippen molar-refractivity contribution in [1.29, 1.82) is 0 Å². The van der Waals surface area contributed by atoms with Crippen LogP contribution in [-0.2, 0) is 0 Å². The van der Waals surface area contributed by atoms with Crippen molar-refractivity contribution in [3.63, 3.8) is 0 Å². The summed E-state index contributed by atoms with van der Waals surface area (Å²) in [6, 6.07) is 11.3. The van der Waals surface area contributed by atoms with Gasteiger partial charge in [-0.1, -0.05) is 41.9 Å². The molecule has 1 heterocycles. The van der Waals surface area contributed by atoms with Crippen LogP contribution in [0.4, 0.5) is 0 Å². The topological polar surface area (TPSA) is 35.0 Å². The highest BCUT2D eigenvalue weighted by Crippen LogP contribution is 2.20. The fourth-order valence-corrected chi connectivity index (χ4v) is 1.51. The molecule has 0 aliphatic rings. The Labute approximate surface area is 99.1 Å². The molecule has 0 amide bonds. The molecule has 0 atom stereocenters. The Kier molecular flexibility index (Phi) is 3.37.